The van der Waals surface area contributed by atoms with Gasteiger partial charge in [0.15, 0.2) is 0 Å². The van der Waals surface area contributed by atoms with Gasteiger partial charge in [-0.15, -0.1) is 0 Å². The van der Waals surface area contributed by atoms with E-state index in [2.05, 4.69) is 0 Å². The van der Waals surface area contributed by atoms with Gasteiger partial charge in [-0.05, 0) is 18.6 Å². The molecule has 0 atom stereocenters. The van der Waals surface area contributed by atoms with Gasteiger partial charge in [0.05, 0.1) is 4.90 Å². The van der Waals surface area contributed by atoms with Crippen molar-refractivity contribution in [3.05, 3.63) is 29.8 Å². The Morgan fingerprint density at radius 3 is 2.08 bits per heavy atom. The summed E-state index contributed by atoms with van der Waals surface area (Å²) in [4.78, 5) is 0.182. The van der Waals surface area contributed by atoms with Crippen LogP contribution >= 0.6 is 10.7 Å². The van der Waals surface area contributed by atoms with Crippen LogP contribution in [0.4, 0.5) is 0 Å². The Kier molecular flexibility index (Phi) is 3.70. The van der Waals surface area contributed by atoms with E-state index in [-0.39, 0.29) is 11.0 Å². The number of hydrogen-bond donors (Lipinski definition) is 1. The molecule has 1 aromatic carbocycles. The highest BCUT2D eigenvalue weighted by Gasteiger charge is 2.10. The third-order valence-electron chi connectivity index (χ3n) is 1.36. The van der Waals surface area contributed by atoms with Crippen molar-refractivity contribution in [2.75, 3.05) is 0 Å². The molecule has 0 heterocycles. The first-order valence-electron chi connectivity index (χ1n) is 3.02. The predicted molar refractivity (Wildman–Crippen MR) is 49.2 cm³/mol. The fourth-order valence-electron chi connectivity index (χ4n) is 0.830. The summed E-state index contributed by atoms with van der Waals surface area (Å²) in [6, 6.07) is 6.59. The van der Waals surface area contributed by atoms with E-state index in [1.165, 1.54) is 6.07 Å². The largest absolute Gasteiger partial charge is 0.344 e. The second-order valence-electron chi connectivity index (χ2n) is 2.20. The van der Waals surface area contributed by atoms with Gasteiger partial charge in [-0.1, -0.05) is 18.2 Å². The summed E-state index contributed by atoms with van der Waals surface area (Å²) in [5.74, 6) is 0. The second kappa shape index (κ2) is 3.89. The first kappa shape index (κ1) is 11.4. The molecule has 0 aliphatic carbocycles. The Labute approximate surface area is 76.4 Å². The van der Waals surface area contributed by atoms with Crippen LogP contribution in [0.5, 0.6) is 0 Å². The van der Waals surface area contributed by atoms with E-state index < -0.39 is 9.05 Å². The zero-order valence-electron chi connectivity index (χ0n) is 6.62. The molecule has 68 valence electrons. The molecule has 0 fully saturated rings. The average Bonchev–Trinajstić information content (AvgIpc) is 1.86. The second-order valence-corrected chi connectivity index (χ2v) is 4.74. The minimum Gasteiger partial charge on any atom is -0.344 e. The maximum Gasteiger partial charge on any atom is 0.261 e. The lowest BCUT2D eigenvalue weighted by Crippen LogP contribution is -1.92. The molecule has 12 heavy (non-hydrogen) atoms. The maximum atomic E-state index is 10.8. The van der Waals surface area contributed by atoms with Crippen LogP contribution in [0, 0.1) is 6.92 Å². The van der Waals surface area contributed by atoms with Crippen molar-refractivity contribution >= 4 is 19.7 Å². The van der Waals surface area contributed by atoms with E-state index in [0.717, 1.165) is 0 Å². The number of halogens is 1. The smallest absolute Gasteiger partial charge is 0.261 e. The van der Waals surface area contributed by atoms with E-state index in [0.29, 0.717) is 5.56 Å². The summed E-state index contributed by atoms with van der Waals surface area (Å²) in [7, 11) is 1.57. The SMILES string of the molecule is Cc1ccccc1S(=O)(=O)Cl.N. The number of hydrogen-bond acceptors (Lipinski definition) is 3. The van der Waals surface area contributed by atoms with Crippen LogP contribution in [0.15, 0.2) is 29.2 Å². The van der Waals surface area contributed by atoms with Crippen LogP contribution in [-0.2, 0) is 9.05 Å². The van der Waals surface area contributed by atoms with Crippen molar-refractivity contribution < 1.29 is 8.42 Å². The van der Waals surface area contributed by atoms with Gasteiger partial charge in [0.1, 0.15) is 0 Å². The van der Waals surface area contributed by atoms with E-state index in [9.17, 15) is 8.42 Å². The average molecular weight is 208 g/mol. The third-order valence-corrected chi connectivity index (χ3v) is 2.84. The zero-order chi connectivity index (χ0) is 8.48. The maximum absolute atomic E-state index is 10.8. The molecule has 0 aromatic heterocycles. The highest BCUT2D eigenvalue weighted by molar-refractivity contribution is 8.13. The molecule has 5 heteroatoms. The van der Waals surface area contributed by atoms with Crippen LogP contribution in [0.2, 0.25) is 0 Å². The lowest BCUT2D eigenvalue weighted by Gasteiger charge is -1.98. The Bertz CT molecular complexity index is 361. The summed E-state index contributed by atoms with van der Waals surface area (Å²) in [6.07, 6.45) is 0. The summed E-state index contributed by atoms with van der Waals surface area (Å²) >= 11 is 0. The molecule has 0 saturated carbocycles. The molecule has 3 nitrogen and oxygen atoms in total. The lowest BCUT2D eigenvalue weighted by molar-refractivity contribution is 0.609. The van der Waals surface area contributed by atoms with Crippen LogP contribution in [0.3, 0.4) is 0 Å². The Hall–Kier alpha value is -0.580. The zero-order valence-corrected chi connectivity index (χ0v) is 8.19. The molecule has 3 N–H and O–H groups in total. The molecule has 0 radical (unpaired) electrons. The highest BCUT2D eigenvalue weighted by Crippen LogP contribution is 2.17. The van der Waals surface area contributed by atoms with Gasteiger partial charge in [0.25, 0.3) is 9.05 Å². The number of rotatable bonds is 1. The van der Waals surface area contributed by atoms with Gasteiger partial charge in [0.2, 0.25) is 0 Å². The van der Waals surface area contributed by atoms with Gasteiger partial charge in [-0.25, -0.2) is 8.42 Å². The van der Waals surface area contributed by atoms with Crippen molar-refractivity contribution in [1.29, 1.82) is 0 Å². The van der Waals surface area contributed by atoms with Gasteiger partial charge < -0.3 is 6.15 Å². The van der Waals surface area contributed by atoms with E-state index in [1.807, 2.05) is 0 Å². The Morgan fingerprint density at radius 2 is 1.75 bits per heavy atom. The molecule has 1 rings (SSSR count). The van der Waals surface area contributed by atoms with Gasteiger partial charge >= 0.3 is 0 Å². The normalized spacial score (nSPS) is 10.5. The summed E-state index contributed by atoms with van der Waals surface area (Å²) in [5, 5.41) is 0. The van der Waals surface area contributed by atoms with Gasteiger partial charge in [0, 0.05) is 10.7 Å². The molecule has 0 amide bonds. The molecule has 0 aliphatic heterocycles. The minimum atomic E-state index is -3.56. The summed E-state index contributed by atoms with van der Waals surface area (Å²) < 4.78 is 21.6. The van der Waals surface area contributed by atoms with Crippen LogP contribution in [-0.4, -0.2) is 8.42 Å². The van der Waals surface area contributed by atoms with Crippen LogP contribution in [0.1, 0.15) is 5.56 Å². The standard InChI is InChI=1S/C7H7ClO2S.H3N/c1-6-4-2-3-5-7(6)11(8,9)10;/h2-5H,1H3;1H3. The number of benzene rings is 1. The fourth-order valence-corrected chi connectivity index (χ4v) is 2.04. The van der Waals surface area contributed by atoms with Crippen molar-refractivity contribution in [3.63, 3.8) is 0 Å². The summed E-state index contributed by atoms with van der Waals surface area (Å²) in [6.45, 7) is 1.70. The van der Waals surface area contributed by atoms with E-state index in [4.69, 9.17) is 10.7 Å². The monoisotopic (exact) mass is 207 g/mol. The van der Waals surface area contributed by atoms with Crippen LogP contribution < -0.4 is 6.15 Å². The fraction of sp³-hybridized carbons (Fsp3) is 0.143. The van der Waals surface area contributed by atoms with Crippen molar-refractivity contribution in [2.45, 2.75) is 11.8 Å². The molecule has 0 aliphatic rings. The molecular formula is C7H10ClNO2S. The van der Waals surface area contributed by atoms with Crippen LogP contribution in [0.25, 0.3) is 0 Å². The first-order chi connectivity index (χ1) is 5.02. The molecule has 0 spiro atoms. The minimum absolute atomic E-state index is 0. The van der Waals surface area contributed by atoms with Crippen molar-refractivity contribution in [2.24, 2.45) is 0 Å². The number of aryl methyl sites for hydroxylation is 1. The predicted octanol–water partition coefficient (Wildman–Crippen LogP) is 2.08. The molecule has 0 saturated heterocycles. The Balaban J connectivity index is 0.00000121. The van der Waals surface area contributed by atoms with E-state index >= 15 is 0 Å². The third kappa shape index (κ3) is 2.48. The lowest BCUT2D eigenvalue weighted by atomic mass is 10.2. The Morgan fingerprint density at radius 1 is 1.25 bits per heavy atom. The quantitative estimate of drug-likeness (QED) is 0.717. The summed E-state index contributed by atoms with van der Waals surface area (Å²) in [5.41, 5.74) is 0.669. The van der Waals surface area contributed by atoms with Gasteiger partial charge in [-0.3, -0.25) is 0 Å². The van der Waals surface area contributed by atoms with Crippen molar-refractivity contribution in [3.8, 4) is 0 Å². The molecule has 0 bridgehead atoms. The highest BCUT2D eigenvalue weighted by atomic mass is 35.7. The topological polar surface area (TPSA) is 69.1 Å². The van der Waals surface area contributed by atoms with E-state index in [1.54, 1.807) is 25.1 Å². The van der Waals surface area contributed by atoms with Crippen molar-refractivity contribution in [1.82, 2.24) is 6.15 Å². The molecule has 0 unspecified atom stereocenters. The molecular weight excluding hydrogens is 198 g/mol. The molecule has 1 aromatic rings. The first-order valence-corrected chi connectivity index (χ1v) is 5.33. The van der Waals surface area contributed by atoms with Gasteiger partial charge in [-0.2, -0.15) is 0 Å².